The highest BCUT2D eigenvalue weighted by Gasteiger charge is 2.53. The first kappa shape index (κ1) is 25.0. The number of nitrogens with two attached hydrogens (primary N) is 1. The molecule has 0 amide bonds. The van der Waals surface area contributed by atoms with Gasteiger partial charge in [0.05, 0.1) is 6.10 Å². The number of guanidine groups is 1. The van der Waals surface area contributed by atoms with Crippen LogP contribution < -0.4 is 5.73 Å². The van der Waals surface area contributed by atoms with Crippen LogP contribution in [0.15, 0.2) is 26.5 Å². The number of rotatable bonds is 4. The van der Waals surface area contributed by atoms with Gasteiger partial charge in [-0.05, 0) is 19.3 Å². The SMILES string of the molecule is C#C.C[C@@H]1CCN(C(=N)N)C1.C[C@H]1C(Sc2nccs2)=C(C(=O)O)N2C[C@H]([C@@H](C)O)C12. The predicted octanol–water partition coefficient (Wildman–Crippen LogP) is 2.33. The number of aliphatic carboxylic acids is 1. The molecule has 1 aromatic rings. The Morgan fingerprint density at radius 2 is 2.10 bits per heavy atom. The van der Waals surface area contributed by atoms with Crippen LogP contribution in [0.4, 0.5) is 0 Å². The average molecular weight is 466 g/mol. The Morgan fingerprint density at radius 1 is 1.42 bits per heavy atom. The topological polar surface area (TPSA) is 127 Å². The monoisotopic (exact) mass is 465 g/mol. The van der Waals surface area contributed by atoms with Crippen molar-refractivity contribution >= 4 is 35.0 Å². The minimum absolute atomic E-state index is 0.101. The fourth-order valence-corrected chi connectivity index (χ4v) is 6.18. The number of aliphatic hydroxyl groups is 1. The van der Waals surface area contributed by atoms with Crippen LogP contribution in [-0.2, 0) is 4.79 Å². The van der Waals surface area contributed by atoms with Crippen molar-refractivity contribution in [1.82, 2.24) is 14.8 Å². The van der Waals surface area contributed by atoms with E-state index in [9.17, 15) is 15.0 Å². The number of likely N-dealkylation sites (tertiary alicyclic amines) is 1. The molecule has 31 heavy (non-hydrogen) atoms. The quantitative estimate of drug-likeness (QED) is 0.303. The molecular formula is C21H31N5O3S2. The van der Waals surface area contributed by atoms with Crippen LogP contribution in [0.2, 0.25) is 0 Å². The van der Waals surface area contributed by atoms with Gasteiger partial charge in [0.2, 0.25) is 0 Å². The molecule has 0 bridgehead atoms. The Kier molecular flexibility index (Phi) is 8.79. The van der Waals surface area contributed by atoms with Crippen LogP contribution in [-0.4, -0.2) is 68.7 Å². The number of hydrogen-bond acceptors (Lipinski definition) is 7. The molecule has 3 aliphatic rings. The molecule has 0 aromatic carbocycles. The van der Waals surface area contributed by atoms with Crippen LogP contribution in [0.25, 0.3) is 0 Å². The molecule has 0 aliphatic carbocycles. The number of aliphatic hydroxyl groups excluding tert-OH is 1. The molecule has 2 saturated heterocycles. The van der Waals surface area contributed by atoms with Gasteiger partial charge < -0.3 is 25.7 Å². The summed E-state index contributed by atoms with van der Waals surface area (Å²) in [6.45, 7) is 8.56. The summed E-state index contributed by atoms with van der Waals surface area (Å²) in [7, 11) is 0. The predicted molar refractivity (Wildman–Crippen MR) is 125 cm³/mol. The lowest BCUT2D eigenvalue weighted by Gasteiger charge is -2.49. The van der Waals surface area contributed by atoms with E-state index in [1.807, 2.05) is 22.1 Å². The first-order valence-electron chi connectivity index (χ1n) is 10.1. The van der Waals surface area contributed by atoms with Crippen molar-refractivity contribution in [3.63, 3.8) is 0 Å². The van der Waals surface area contributed by atoms with Gasteiger partial charge >= 0.3 is 5.97 Å². The maximum Gasteiger partial charge on any atom is 0.353 e. The van der Waals surface area contributed by atoms with E-state index in [4.69, 9.17) is 11.1 Å². The average Bonchev–Trinajstić information content (AvgIpc) is 3.39. The van der Waals surface area contributed by atoms with Crippen molar-refractivity contribution in [2.24, 2.45) is 23.5 Å². The van der Waals surface area contributed by atoms with Crippen LogP contribution in [0, 0.1) is 36.0 Å². The summed E-state index contributed by atoms with van der Waals surface area (Å²) in [6, 6.07) is 0.101. The Morgan fingerprint density at radius 3 is 2.52 bits per heavy atom. The zero-order valence-electron chi connectivity index (χ0n) is 18.1. The maximum atomic E-state index is 11.6. The van der Waals surface area contributed by atoms with E-state index in [-0.39, 0.29) is 23.8 Å². The highest BCUT2D eigenvalue weighted by Crippen LogP contribution is 2.51. The van der Waals surface area contributed by atoms with Gasteiger partial charge in [-0.3, -0.25) is 5.41 Å². The van der Waals surface area contributed by atoms with E-state index < -0.39 is 12.1 Å². The second-order valence-corrected chi connectivity index (χ2v) is 10.2. The van der Waals surface area contributed by atoms with Gasteiger partial charge in [-0.15, -0.1) is 24.2 Å². The highest BCUT2D eigenvalue weighted by atomic mass is 32.2. The van der Waals surface area contributed by atoms with E-state index in [1.54, 1.807) is 13.1 Å². The lowest BCUT2D eigenvalue weighted by Crippen LogP contribution is -2.59. The smallest absolute Gasteiger partial charge is 0.353 e. The van der Waals surface area contributed by atoms with Gasteiger partial charge in [-0.2, -0.15) is 0 Å². The minimum Gasteiger partial charge on any atom is -0.477 e. The number of thiazole rings is 1. The molecule has 1 unspecified atom stereocenters. The molecular weight excluding hydrogens is 434 g/mol. The molecule has 8 nitrogen and oxygen atoms in total. The van der Waals surface area contributed by atoms with Crippen LogP contribution in [0.1, 0.15) is 27.2 Å². The van der Waals surface area contributed by atoms with Crippen LogP contribution in [0.3, 0.4) is 0 Å². The molecule has 3 aliphatic heterocycles. The zero-order chi connectivity index (χ0) is 23.3. The van der Waals surface area contributed by atoms with Gasteiger partial charge in [0.1, 0.15) is 5.70 Å². The highest BCUT2D eigenvalue weighted by molar-refractivity contribution is 8.04. The minimum atomic E-state index is -0.887. The fourth-order valence-electron chi connectivity index (χ4n) is 4.26. The molecule has 0 radical (unpaired) electrons. The summed E-state index contributed by atoms with van der Waals surface area (Å²) in [4.78, 5) is 20.5. The Labute approximate surface area is 192 Å². The number of nitrogens with zero attached hydrogens (tertiary/aromatic N) is 3. The van der Waals surface area contributed by atoms with Crippen molar-refractivity contribution < 1.29 is 15.0 Å². The van der Waals surface area contributed by atoms with E-state index in [1.165, 1.54) is 29.5 Å². The molecule has 5 N–H and O–H groups in total. The summed E-state index contributed by atoms with van der Waals surface area (Å²) in [5, 5.41) is 28.3. The normalized spacial score (nSPS) is 27.3. The molecule has 0 saturated carbocycles. The van der Waals surface area contributed by atoms with Crippen molar-refractivity contribution in [3.05, 3.63) is 22.2 Å². The third-order valence-corrected chi connectivity index (χ3v) is 8.01. The summed E-state index contributed by atoms with van der Waals surface area (Å²) in [5.41, 5.74) is 5.66. The number of aromatic nitrogens is 1. The number of thioether (sulfide) groups is 1. The zero-order valence-corrected chi connectivity index (χ0v) is 19.7. The standard InChI is InChI=1S/C13H16N2O3S2.C6H13N3.C2H2/c1-6-9-8(7(2)16)5-15(9)10(12(17)18)11(6)20-13-14-3-4-19-13;1-5-2-3-9(4-5)6(7)8;1-2/h3-4,6-9,16H,5H2,1-2H3,(H,17,18);5H,2-4H2,1H3,(H3,7,8);1-2H/t6-,7-,8-,9?;5-;/m11./s1. The van der Waals surface area contributed by atoms with Crippen molar-refractivity contribution in [2.75, 3.05) is 19.6 Å². The molecule has 0 spiro atoms. The van der Waals surface area contributed by atoms with Gasteiger partial charge in [-0.25, -0.2) is 9.78 Å². The first-order valence-corrected chi connectivity index (χ1v) is 11.8. The number of nitrogens with one attached hydrogen (secondary N) is 1. The lowest BCUT2D eigenvalue weighted by molar-refractivity contribution is -0.137. The number of carboxylic acid groups (broad SMARTS) is 1. The van der Waals surface area contributed by atoms with Gasteiger partial charge in [0, 0.05) is 54.0 Å². The largest absolute Gasteiger partial charge is 0.477 e. The first-order chi connectivity index (χ1) is 14.7. The second-order valence-electron chi connectivity index (χ2n) is 7.98. The fraction of sp³-hybridized carbons (Fsp3) is 0.571. The molecule has 10 heteroatoms. The van der Waals surface area contributed by atoms with E-state index in [0.29, 0.717) is 18.2 Å². The maximum absolute atomic E-state index is 11.6. The van der Waals surface area contributed by atoms with E-state index in [0.717, 1.165) is 22.3 Å². The van der Waals surface area contributed by atoms with Gasteiger partial charge in [-0.1, -0.05) is 25.6 Å². The summed E-state index contributed by atoms with van der Waals surface area (Å²) < 4.78 is 0.863. The van der Waals surface area contributed by atoms with Gasteiger partial charge in [0.15, 0.2) is 10.3 Å². The number of terminal acetylenes is 1. The van der Waals surface area contributed by atoms with Crippen molar-refractivity contribution in [2.45, 2.75) is 43.7 Å². The molecule has 5 atom stereocenters. The van der Waals surface area contributed by atoms with Crippen molar-refractivity contribution in [3.8, 4) is 12.8 Å². The molecule has 4 heterocycles. The Bertz CT molecular complexity index is 824. The molecule has 170 valence electrons. The van der Waals surface area contributed by atoms with E-state index in [2.05, 4.69) is 24.8 Å². The molecule has 2 fully saturated rings. The Balaban J connectivity index is 0.000000261. The summed E-state index contributed by atoms with van der Waals surface area (Å²) in [6.07, 6.45) is 10.5. The molecule has 1 aromatic heterocycles. The summed E-state index contributed by atoms with van der Waals surface area (Å²) in [5.74, 6) is 0.313. The Hall–Kier alpha value is -2.22. The summed E-state index contributed by atoms with van der Waals surface area (Å²) >= 11 is 2.96. The number of carbonyl (C=O) groups is 1. The number of hydrogen-bond donors (Lipinski definition) is 4. The number of carboxylic acids is 1. The second kappa shape index (κ2) is 10.9. The van der Waals surface area contributed by atoms with E-state index >= 15 is 0 Å². The lowest BCUT2D eigenvalue weighted by atomic mass is 9.80. The third kappa shape index (κ3) is 5.53. The molecule has 4 rings (SSSR count). The van der Waals surface area contributed by atoms with Crippen molar-refractivity contribution in [1.29, 1.82) is 5.41 Å². The van der Waals surface area contributed by atoms with Crippen LogP contribution in [0.5, 0.6) is 0 Å². The van der Waals surface area contributed by atoms with Crippen LogP contribution >= 0.6 is 23.1 Å². The number of fused-ring (bicyclic) bond motifs is 1. The third-order valence-electron chi connectivity index (χ3n) is 5.85. The van der Waals surface area contributed by atoms with Gasteiger partial charge in [0.25, 0.3) is 0 Å².